The Morgan fingerprint density at radius 2 is 1.76 bits per heavy atom. The molecule has 0 unspecified atom stereocenters. The molecule has 0 radical (unpaired) electrons. The number of nitrogen functional groups attached to an aromatic ring is 1. The van der Waals surface area contributed by atoms with Crippen molar-refractivity contribution in [3.8, 4) is 0 Å². The van der Waals surface area contributed by atoms with E-state index in [1.165, 1.54) is 18.2 Å². The first-order valence-electron chi connectivity index (χ1n) is 6.43. The Bertz CT molecular complexity index is 811. The smallest absolute Gasteiger partial charge is 0.149 e. The molecule has 3 rings (SSSR count). The van der Waals surface area contributed by atoms with E-state index < -0.39 is 11.6 Å². The number of fused-ring (bicyclic) bond motifs is 1. The number of anilines is 3. The average molecular weight is 285 g/mol. The van der Waals surface area contributed by atoms with Gasteiger partial charge in [0, 0.05) is 22.7 Å². The van der Waals surface area contributed by atoms with Gasteiger partial charge in [0.05, 0.1) is 0 Å². The molecule has 3 aromatic rings. The van der Waals surface area contributed by atoms with E-state index in [1.54, 1.807) is 18.3 Å². The van der Waals surface area contributed by atoms with Crippen LogP contribution in [0.15, 0.2) is 42.6 Å². The van der Waals surface area contributed by atoms with Crippen molar-refractivity contribution in [2.45, 2.75) is 6.92 Å². The van der Waals surface area contributed by atoms with Crippen LogP contribution in [0.4, 0.5) is 26.0 Å². The van der Waals surface area contributed by atoms with Crippen molar-refractivity contribution in [3.63, 3.8) is 0 Å². The molecule has 3 nitrogen and oxygen atoms in total. The zero-order valence-corrected chi connectivity index (χ0v) is 11.3. The third-order valence-corrected chi connectivity index (χ3v) is 3.38. The molecule has 0 aliphatic heterocycles. The molecule has 0 bridgehead atoms. The number of para-hydroxylation sites is 1. The summed E-state index contributed by atoms with van der Waals surface area (Å²) in [6.07, 6.45) is 1.55. The van der Waals surface area contributed by atoms with Gasteiger partial charge in [-0.1, -0.05) is 12.1 Å². The second kappa shape index (κ2) is 5.01. The van der Waals surface area contributed by atoms with E-state index in [4.69, 9.17) is 5.73 Å². The first-order valence-corrected chi connectivity index (χ1v) is 6.43. The Labute approximate surface area is 120 Å². The van der Waals surface area contributed by atoms with Crippen LogP contribution >= 0.6 is 0 Å². The zero-order valence-electron chi connectivity index (χ0n) is 11.3. The third kappa shape index (κ3) is 2.27. The predicted octanol–water partition coefficient (Wildman–Crippen LogP) is 4.15. The Hall–Kier alpha value is -2.69. The molecule has 1 aromatic heterocycles. The summed E-state index contributed by atoms with van der Waals surface area (Å²) in [5.41, 5.74) is 7.24. The number of aromatic nitrogens is 1. The molecule has 3 N–H and O–H groups in total. The van der Waals surface area contributed by atoms with Gasteiger partial charge in [0.25, 0.3) is 0 Å². The molecule has 0 spiro atoms. The summed E-state index contributed by atoms with van der Waals surface area (Å²) < 4.78 is 27.5. The first-order chi connectivity index (χ1) is 10.1. The summed E-state index contributed by atoms with van der Waals surface area (Å²) in [5, 5.41) is 4.28. The van der Waals surface area contributed by atoms with Gasteiger partial charge >= 0.3 is 0 Å². The van der Waals surface area contributed by atoms with E-state index >= 15 is 0 Å². The van der Waals surface area contributed by atoms with Gasteiger partial charge in [-0.25, -0.2) is 13.8 Å². The van der Waals surface area contributed by atoms with Crippen molar-refractivity contribution in [1.29, 1.82) is 0 Å². The average Bonchev–Trinajstić information content (AvgIpc) is 2.47. The molecule has 1 heterocycles. The van der Waals surface area contributed by atoms with Crippen molar-refractivity contribution >= 4 is 28.0 Å². The van der Waals surface area contributed by atoms with E-state index in [9.17, 15) is 8.78 Å². The van der Waals surface area contributed by atoms with Gasteiger partial charge in [-0.2, -0.15) is 0 Å². The minimum atomic E-state index is -0.671. The highest BCUT2D eigenvalue weighted by Gasteiger charge is 2.13. The van der Waals surface area contributed by atoms with Gasteiger partial charge < -0.3 is 11.1 Å². The summed E-state index contributed by atoms with van der Waals surface area (Å²) in [5.74, 6) is -0.966. The molecule has 21 heavy (non-hydrogen) atoms. The predicted molar refractivity (Wildman–Crippen MR) is 80.5 cm³/mol. The lowest BCUT2D eigenvalue weighted by molar-refractivity contribution is 0.590. The van der Waals surface area contributed by atoms with Crippen LogP contribution < -0.4 is 11.1 Å². The number of nitrogens with two attached hydrogens (primary N) is 1. The molecule has 0 amide bonds. The van der Waals surface area contributed by atoms with Crippen LogP contribution in [0, 0.1) is 18.6 Å². The number of halogens is 2. The quantitative estimate of drug-likeness (QED) is 0.695. The fraction of sp³-hybridized carbons (Fsp3) is 0.0625. The molecule has 0 aliphatic carbocycles. The second-order valence-corrected chi connectivity index (χ2v) is 4.78. The Kier molecular flexibility index (Phi) is 3.17. The lowest BCUT2D eigenvalue weighted by Gasteiger charge is -2.13. The summed E-state index contributed by atoms with van der Waals surface area (Å²) in [7, 11) is 0. The summed E-state index contributed by atoms with van der Waals surface area (Å²) >= 11 is 0. The summed E-state index contributed by atoms with van der Waals surface area (Å²) in [6.45, 7) is 1.90. The van der Waals surface area contributed by atoms with E-state index in [0.29, 0.717) is 11.5 Å². The van der Waals surface area contributed by atoms with Crippen LogP contribution in [-0.4, -0.2) is 4.98 Å². The fourth-order valence-electron chi connectivity index (χ4n) is 2.32. The number of hydrogen-bond donors (Lipinski definition) is 2. The van der Waals surface area contributed by atoms with Crippen LogP contribution in [0.5, 0.6) is 0 Å². The first kappa shape index (κ1) is 13.3. The van der Waals surface area contributed by atoms with Gasteiger partial charge in [0.15, 0.2) is 0 Å². The van der Waals surface area contributed by atoms with Crippen molar-refractivity contribution in [2.24, 2.45) is 0 Å². The molecule has 0 aliphatic rings. The van der Waals surface area contributed by atoms with E-state index in [1.807, 2.05) is 13.0 Å². The fourth-order valence-corrected chi connectivity index (χ4v) is 2.32. The second-order valence-electron chi connectivity index (χ2n) is 4.78. The number of rotatable bonds is 2. The number of benzene rings is 2. The third-order valence-electron chi connectivity index (χ3n) is 3.38. The van der Waals surface area contributed by atoms with Gasteiger partial charge in [-0.3, -0.25) is 0 Å². The topological polar surface area (TPSA) is 50.9 Å². The van der Waals surface area contributed by atoms with Gasteiger partial charge in [0.1, 0.15) is 23.1 Å². The van der Waals surface area contributed by atoms with Gasteiger partial charge in [-0.05, 0) is 36.8 Å². The maximum Gasteiger partial charge on any atom is 0.149 e. The minimum Gasteiger partial charge on any atom is -0.398 e. The van der Waals surface area contributed by atoms with Crippen molar-refractivity contribution in [2.75, 3.05) is 11.1 Å². The number of nitrogens with one attached hydrogen (secondary N) is 1. The molecule has 0 fully saturated rings. The molecule has 5 heteroatoms. The molecular formula is C16H13F2N3. The van der Waals surface area contributed by atoms with Crippen LogP contribution in [-0.2, 0) is 0 Å². The van der Waals surface area contributed by atoms with E-state index in [2.05, 4.69) is 10.3 Å². The molecule has 106 valence electrons. The van der Waals surface area contributed by atoms with Gasteiger partial charge in [0.2, 0.25) is 0 Å². The summed E-state index contributed by atoms with van der Waals surface area (Å²) in [6, 6.07) is 9.12. The van der Waals surface area contributed by atoms with Crippen molar-refractivity contribution < 1.29 is 8.78 Å². The number of hydrogen-bond acceptors (Lipinski definition) is 3. The largest absolute Gasteiger partial charge is 0.398 e. The van der Waals surface area contributed by atoms with Crippen LogP contribution in [0.2, 0.25) is 0 Å². The Balaban J connectivity index is 2.20. The lowest BCUT2D eigenvalue weighted by atomic mass is 10.1. The maximum atomic E-state index is 13.8. The number of aryl methyl sites for hydroxylation is 1. The van der Waals surface area contributed by atoms with E-state index in [-0.39, 0.29) is 5.69 Å². The number of nitrogens with zero attached hydrogens (tertiary/aromatic N) is 1. The molecular weight excluding hydrogens is 272 g/mol. The SMILES string of the molecule is Cc1ccc(N)c2ccnc(Nc3c(F)cccc3F)c12. The molecule has 0 atom stereocenters. The highest BCUT2D eigenvalue weighted by Crippen LogP contribution is 2.32. The summed E-state index contributed by atoms with van der Waals surface area (Å²) in [4.78, 5) is 4.19. The highest BCUT2D eigenvalue weighted by atomic mass is 19.1. The lowest BCUT2D eigenvalue weighted by Crippen LogP contribution is -2.01. The Morgan fingerprint density at radius 1 is 1.05 bits per heavy atom. The van der Waals surface area contributed by atoms with Crippen LogP contribution in [0.25, 0.3) is 10.8 Å². The zero-order chi connectivity index (χ0) is 15.0. The molecule has 2 aromatic carbocycles. The number of pyridine rings is 1. The molecule has 0 saturated carbocycles. The highest BCUT2D eigenvalue weighted by molar-refractivity contribution is 6.02. The van der Waals surface area contributed by atoms with Gasteiger partial charge in [-0.15, -0.1) is 0 Å². The van der Waals surface area contributed by atoms with Crippen molar-refractivity contribution in [3.05, 3.63) is 59.8 Å². The monoisotopic (exact) mass is 285 g/mol. The van der Waals surface area contributed by atoms with Crippen LogP contribution in [0.3, 0.4) is 0 Å². The van der Waals surface area contributed by atoms with E-state index in [0.717, 1.165) is 16.3 Å². The normalized spacial score (nSPS) is 10.8. The minimum absolute atomic E-state index is 0.223. The maximum absolute atomic E-state index is 13.8. The standard InChI is InChI=1S/C16H13F2N3/c1-9-5-6-13(19)10-7-8-20-16(14(9)10)21-15-11(17)3-2-4-12(15)18/h2-8H,19H2,1H3,(H,20,21). The van der Waals surface area contributed by atoms with Crippen LogP contribution in [0.1, 0.15) is 5.56 Å². The van der Waals surface area contributed by atoms with Crippen molar-refractivity contribution in [1.82, 2.24) is 4.98 Å². The Morgan fingerprint density at radius 3 is 2.48 bits per heavy atom. The molecule has 0 saturated heterocycles.